The topological polar surface area (TPSA) is 66.5 Å². The summed E-state index contributed by atoms with van der Waals surface area (Å²) in [5.74, 6) is -0.228. The molecule has 0 fully saturated rings. The third kappa shape index (κ3) is 4.52. The monoisotopic (exact) mass is 380 g/mol. The van der Waals surface area contributed by atoms with Gasteiger partial charge in [0, 0.05) is 24.3 Å². The minimum atomic E-state index is -3.90. The van der Waals surface area contributed by atoms with Crippen molar-refractivity contribution in [1.29, 1.82) is 0 Å². The van der Waals surface area contributed by atoms with Crippen molar-refractivity contribution in [2.45, 2.75) is 25.7 Å². The van der Waals surface area contributed by atoms with Gasteiger partial charge in [-0.3, -0.25) is 9.52 Å². The number of benzene rings is 2. The maximum atomic E-state index is 12.7. The van der Waals surface area contributed by atoms with Crippen molar-refractivity contribution in [1.82, 2.24) is 4.90 Å². The molecule has 0 radical (unpaired) electrons. The normalized spacial score (nSPS) is 11.2. The van der Waals surface area contributed by atoms with Crippen LogP contribution in [-0.4, -0.2) is 32.3 Å². The number of nitrogens with zero attached hydrogens (tertiary/aromatic N) is 1. The van der Waals surface area contributed by atoms with Crippen LogP contribution in [0.1, 0.15) is 29.8 Å². The van der Waals surface area contributed by atoms with Gasteiger partial charge in [0.15, 0.2) is 0 Å². The SMILES string of the molecule is CCN(CC)C(=O)c1ccc(Cl)c(S(=O)(=O)Nc2ccc(C)cc2)c1. The standard InChI is InChI=1S/C18H21ClN2O3S/c1-4-21(5-2)18(22)14-8-11-16(19)17(12-14)25(23,24)20-15-9-6-13(3)7-10-15/h6-12,20H,4-5H2,1-3H3. The van der Waals surface area contributed by atoms with E-state index in [2.05, 4.69) is 4.72 Å². The van der Waals surface area contributed by atoms with Crippen LogP contribution in [0, 0.1) is 6.92 Å². The van der Waals surface area contributed by atoms with Crippen LogP contribution in [0.3, 0.4) is 0 Å². The summed E-state index contributed by atoms with van der Waals surface area (Å²) in [4.78, 5) is 14.0. The van der Waals surface area contributed by atoms with E-state index in [0.29, 0.717) is 18.8 Å². The summed E-state index contributed by atoms with van der Waals surface area (Å²) >= 11 is 6.08. The third-order valence-corrected chi connectivity index (χ3v) is 5.68. The molecule has 25 heavy (non-hydrogen) atoms. The van der Waals surface area contributed by atoms with Crippen LogP contribution in [-0.2, 0) is 10.0 Å². The van der Waals surface area contributed by atoms with Crippen molar-refractivity contribution >= 4 is 33.2 Å². The molecule has 0 heterocycles. The molecule has 0 saturated heterocycles. The first kappa shape index (κ1) is 19.3. The molecule has 1 amide bonds. The zero-order valence-electron chi connectivity index (χ0n) is 14.4. The first-order valence-corrected chi connectivity index (χ1v) is 9.83. The Morgan fingerprint density at radius 1 is 1.08 bits per heavy atom. The fourth-order valence-corrected chi connectivity index (χ4v) is 3.95. The van der Waals surface area contributed by atoms with Crippen LogP contribution in [0.2, 0.25) is 5.02 Å². The molecule has 0 atom stereocenters. The molecule has 0 spiro atoms. The summed E-state index contributed by atoms with van der Waals surface area (Å²) in [6.07, 6.45) is 0. The second kappa shape index (κ2) is 7.89. The number of hydrogen-bond donors (Lipinski definition) is 1. The van der Waals surface area contributed by atoms with Crippen molar-refractivity contribution in [3.8, 4) is 0 Å². The Morgan fingerprint density at radius 3 is 2.24 bits per heavy atom. The summed E-state index contributed by atoms with van der Waals surface area (Å²) in [5.41, 5.74) is 1.74. The van der Waals surface area contributed by atoms with Crippen molar-refractivity contribution in [2.24, 2.45) is 0 Å². The number of halogens is 1. The van der Waals surface area contributed by atoms with Gasteiger partial charge < -0.3 is 4.90 Å². The lowest BCUT2D eigenvalue weighted by Gasteiger charge is -2.19. The Bertz CT molecular complexity index is 860. The fourth-order valence-electron chi connectivity index (χ4n) is 2.37. The highest BCUT2D eigenvalue weighted by Gasteiger charge is 2.21. The lowest BCUT2D eigenvalue weighted by Crippen LogP contribution is -2.30. The highest BCUT2D eigenvalue weighted by atomic mass is 35.5. The number of amides is 1. The highest BCUT2D eigenvalue weighted by Crippen LogP contribution is 2.25. The molecule has 7 heteroatoms. The number of carbonyl (C=O) groups excluding carboxylic acids is 1. The first-order chi connectivity index (χ1) is 11.8. The van der Waals surface area contributed by atoms with Gasteiger partial charge in [-0.25, -0.2) is 8.42 Å². The van der Waals surface area contributed by atoms with Gasteiger partial charge >= 0.3 is 0 Å². The Balaban J connectivity index is 2.38. The maximum absolute atomic E-state index is 12.7. The predicted octanol–water partition coefficient (Wildman–Crippen LogP) is 3.93. The van der Waals surface area contributed by atoms with E-state index in [4.69, 9.17) is 11.6 Å². The Morgan fingerprint density at radius 2 is 1.68 bits per heavy atom. The van der Waals surface area contributed by atoms with Gasteiger partial charge in [0.2, 0.25) is 0 Å². The lowest BCUT2D eigenvalue weighted by molar-refractivity contribution is 0.0772. The molecule has 0 aromatic heterocycles. The Kier molecular flexibility index (Phi) is 6.08. The minimum Gasteiger partial charge on any atom is -0.339 e. The Labute approximate surface area is 153 Å². The molecule has 2 aromatic carbocycles. The molecule has 5 nitrogen and oxygen atoms in total. The predicted molar refractivity (Wildman–Crippen MR) is 101 cm³/mol. The fraction of sp³-hybridized carbons (Fsp3) is 0.278. The summed E-state index contributed by atoms with van der Waals surface area (Å²) in [6.45, 7) is 6.74. The highest BCUT2D eigenvalue weighted by molar-refractivity contribution is 7.92. The van der Waals surface area contributed by atoms with Crippen molar-refractivity contribution in [3.63, 3.8) is 0 Å². The van der Waals surface area contributed by atoms with Crippen molar-refractivity contribution < 1.29 is 13.2 Å². The summed E-state index contributed by atoms with van der Waals surface area (Å²) in [5, 5.41) is 0.0655. The molecule has 0 aliphatic carbocycles. The van der Waals surface area contributed by atoms with Gasteiger partial charge in [0.1, 0.15) is 4.90 Å². The van der Waals surface area contributed by atoms with Gasteiger partial charge in [-0.15, -0.1) is 0 Å². The van der Waals surface area contributed by atoms with E-state index in [1.165, 1.54) is 18.2 Å². The molecule has 2 aromatic rings. The van der Waals surface area contributed by atoms with Crippen LogP contribution < -0.4 is 4.72 Å². The smallest absolute Gasteiger partial charge is 0.263 e. The number of nitrogens with one attached hydrogen (secondary N) is 1. The van der Waals surface area contributed by atoms with E-state index in [-0.39, 0.29) is 21.4 Å². The zero-order chi connectivity index (χ0) is 18.6. The summed E-state index contributed by atoms with van der Waals surface area (Å²) in [6, 6.07) is 11.2. The van der Waals surface area contributed by atoms with E-state index in [1.54, 1.807) is 29.2 Å². The van der Waals surface area contributed by atoms with E-state index >= 15 is 0 Å². The molecule has 134 valence electrons. The largest absolute Gasteiger partial charge is 0.339 e. The Hall–Kier alpha value is -2.05. The quantitative estimate of drug-likeness (QED) is 0.825. The minimum absolute atomic E-state index is 0.0655. The zero-order valence-corrected chi connectivity index (χ0v) is 16.0. The molecule has 0 saturated carbocycles. The van der Waals surface area contributed by atoms with Crippen LogP contribution in [0.25, 0.3) is 0 Å². The average molecular weight is 381 g/mol. The number of rotatable bonds is 6. The molecule has 0 bridgehead atoms. The second-order valence-electron chi connectivity index (χ2n) is 5.59. The van der Waals surface area contributed by atoms with Gasteiger partial charge in [0.05, 0.1) is 5.02 Å². The van der Waals surface area contributed by atoms with Crippen LogP contribution >= 0.6 is 11.6 Å². The van der Waals surface area contributed by atoms with E-state index in [9.17, 15) is 13.2 Å². The molecule has 0 unspecified atom stereocenters. The molecular weight excluding hydrogens is 360 g/mol. The van der Waals surface area contributed by atoms with Gasteiger partial charge in [0.25, 0.3) is 15.9 Å². The number of aryl methyl sites for hydroxylation is 1. The van der Waals surface area contributed by atoms with Crippen molar-refractivity contribution in [3.05, 3.63) is 58.6 Å². The van der Waals surface area contributed by atoms with Gasteiger partial charge in [-0.05, 0) is 51.1 Å². The molecule has 0 aliphatic rings. The van der Waals surface area contributed by atoms with Crippen molar-refractivity contribution in [2.75, 3.05) is 17.8 Å². The van der Waals surface area contributed by atoms with Crippen LogP contribution in [0.4, 0.5) is 5.69 Å². The van der Waals surface area contributed by atoms with Crippen LogP contribution in [0.5, 0.6) is 0 Å². The number of hydrogen-bond acceptors (Lipinski definition) is 3. The molecule has 0 aliphatic heterocycles. The molecule has 2 rings (SSSR count). The number of carbonyl (C=O) groups is 1. The van der Waals surface area contributed by atoms with Gasteiger partial charge in [-0.2, -0.15) is 0 Å². The molecular formula is C18H21ClN2O3S. The first-order valence-electron chi connectivity index (χ1n) is 7.96. The van der Waals surface area contributed by atoms with E-state index in [0.717, 1.165) is 5.56 Å². The molecule has 1 N–H and O–H groups in total. The van der Waals surface area contributed by atoms with E-state index in [1.807, 2.05) is 20.8 Å². The summed E-state index contributed by atoms with van der Waals surface area (Å²) < 4.78 is 27.8. The average Bonchev–Trinajstić information content (AvgIpc) is 2.58. The maximum Gasteiger partial charge on any atom is 0.263 e. The van der Waals surface area contributed by atoms with Crippen LogP contribution in [0.15, 0.2) is 47.4 Å². The number of sulfonamides is 1. The third-order valence-electron chi connectivity index (χ3n) is 3.82. The lowest BCUT2D eigenvalue weighted by atomic mass is 10.2. The van der Waals surface area contributed by atoms with Gasteiger partial charge in [-0.1, -0.05) is 29.3 Å². The summed E-state index contributed by atoms with van der Waals surface area (Å²) in [7, 11) is -3.90. The number of anilines is 1. The second-order valence-corrected chi connectivity index (χ2v) is 7.65. The van der Waals surface area contributed by atoms with E-state index < -0.39 is 10.0 Å².